The van der Waals surface area contributed by atoms with E-state index in [1.165, 1.54) is 13.2 Å². The van der Waals surface area contributed by atoms with Crippen LogP contribution in [0.15, 0.2) is 12.3 Å². The molecule has 1 aliphatic rings. The van der Waals surface area contributed by atoms with Crippen LogP contribution in [0.5, 0.6) is 0 Å². The van der Waals surface area contributed by atoms with E-state index in [2.05, 4.69) is 10.1 Å². The molecule has 1 N–H and O–H groups in total. The van der Waals surface area contributed by atoms with E-state index in [9.17, 15) is 9.59 Å². The van der Waals surface area contributed by atoms with E-state index >= 15 is 0 Å². The average Bonchev–Trinajstić information content (AvgIpc) is 1.83. The number of amides is 1. The van der Waals surface area contributed by atoms with Gasteiger partial charge < -0.3 is 10.1 Å². The van der Waals surface area contributed by atoms with Gasteiger partial charge in [-0.3, -0.25) is 9.59 Å². The van der Waals surface area contributed by atoms with Crippen LogP contribution in [0.1, 0.15) is 20.3 Å². The van der Waals surface area contributed by atoms with E-state index < -0.39 is 0 Å². The van der Waals surface area contributed by atoms with Gasteiger partial charge in [0.2, 0.25) is 5.91 Å². The highest BCUT2D eigenvalue weighted by molar-refractivity contribution is 5.85. The van der Waals surface area contributed by atoms with Crippen LogP contribution >= 0.6 is 0 Å². The first-order valence-electron chi connectivity index (χ1n) is 3.68. The van der Waals surface area contributed by atoms with E-state index in [1.54, 1.807) is 6.08 Å². The van der Waals surface area contributed by atoms with Gasteiger partial charge in [-0.2, -0.15) is 0 Å². The molecule has 1 atom stereocenters. The van der Waals surface area contributed by atoms with Gasteiger partial charge in [-0.15, -0.1) is 0 Å². The Morgan fingerprint density at radius 2 is 2.33 bits per heavy atom. The second-order valence-corrected chi connectivity index (χ2v) is 3.05. The lowest BCUT2D eigenvalue weighted by Gasteiger charge is -2.35. The lowest BCUT2D eigenvalue weighted by atomic mass is 9.90. The predicted molar refractivity (Wildman–Crippen MR) is 42.1 cm³/mol. The molecule has 0 radical (unpaired) electrons. The Hall–Kier alpha value is -1.32. The molecule has 1 rings (SSSR count). The molecule has 4 heteroatoms. The Kier molecular flexibility index (Phi) is 2.17. The van der Waals surface area contributed by atoms with E-state index in [0.29, 0.717) is 6.42 Å². The predicted octanol–water partition coefficient (Wildman–Crippen LogP) is 0.342. The van der Waals surface area contributed by atoms with E-state index in [-0.39, 0.29) is 17.4 Å². The van der Waals surface area contributed by atoms with Crippen molar-refractivity contribution < 1.29 is 14.3 Å². The maximum absolute atomic E-state index is 10.6. The molecular formula is C8H11NO3. The number of β-lactam (4-membered cyclic amide) rings is 1. The van der Waals surface area contributed by atoms with E-state index in [1.807, 2.05) is 6.92 Å². The number of hydrogen-bond acceptors (Lipinski definition) is 3. The van der Waals surface area contributed by atoms with Crippen molar-refractivity contribution in [3.05, 3.63) is 12.3 Å². The molecule has 0 saturated carbocycles. The van der Waals surface area contributed by atoms with Crippen LogP contribution in [0.4, 0.5) is 0 Å². The number of esters is 1. The summed E-state index contributed by atoms with van der Waals surface area (Å²) < 4.78 is 4.58. The monoisotopic (exact) mass is 169 g/mol. The van der Waals surface area contributed by atoms with Crippen molar-refractivity contribution in [1.82, 2.24) is 5.32 Å². The second kappa shape index (κ2) is 2.97. The van der Waals surface area contributed by atoms with Gasteiger partial charge in [-0.25, -0.2) is 0 Å². The number of nitrogens with one attached hydrogen (secondary N) is 1. The van der Waals surface area contributed by atoms with Gasteiger partial charge in [0.1, 0.15) is 0 Å². The van der Waals surface area contributed by atoms with Crippen LogP contribution in [0.2, 0.25) is 0 Å². The molecule has 1 aliphatic heterocycles. The largest absolute Gasteiger partial charge is 0.435 e. The zero-order chi connectivity index (χ0) is 9.19. The molecule has 0 aliphatic carbocycles. The number of ether oxygens (including phenoxy) is 1. The zero-order valence-electron chi connectivity index (χ0n) is 7.09. The number of carbonyl (C=O) groups is 2. The molecule has 0 aromatic rings. The third-order valence-electron chi connectivity index (χ3n) is 1.62. The van der Waals surface area contributed by atoms with E-state index in [0.717, 1.165) is 0 Å². The third-order valence-corrected chi connectivity index (χ3v) is 1.62. The van der Waals surface area contributed by atoms with Crippen LogP contribution < -0.4 is 5.32 Å². The Morgan fingerprint density at radius 3 is 2.75 bits per heavy atom. The SMILES string of the molecule is CC(=O)O/C=C/C1(C)CC(=O)N1. The maximum Gasteiger partial charge on any atom is 0.307 e. The quantitative estimate of drug-likeness (QED) is 0.368. The highest BCUT2D eigenvalue weighted by Crippen LogP contribution is 2.20. The number of hydrogen-bond donors (Lipinski definition) is 1. The first-order valence-corrected chi connectivity index (χ1v) is 3.68. The van der Waals surface area contributed by atoms with Crippen molar-refractivity contribution in [2.45, 2.75) is 25.8 Å². The van der Waals surface area contributed by atoms with Crippen molar-refractivity contribution in [1.29, 1.82) is 0 Å². The lowest BCUT2D eigenvalue weighted by molar-refractivity contribution is -0.135. The molecule has 1 unspecified atom stereocenters. The zero-order valence-corrected chi connectivity index (χ0v) is 7.09. The first-order chi connectivity index (χ1) is 5.52. The van der Waals surface area contributed by atoms with Crippen molar-refractivity contribution in [3.63, 3.8) is 0 Å². The topological polar surface area (TPSA) is 55.4 Å². The van der Waals surface area contributed by atoms with Gasteiger partial charge in [-0.1, -0.05) is 0 Å². The average molecular weight is 169 g/mol. The molecule has 1 amide bonds. The summed E-state index contributed by atoms with van der Waals surface area (Å²) in [6.45, 7) is 3.18. The Morgan fingerprint density at radius 1 is 1.75 bits per heavy atom. The normalized spacial score (nSPS) is 28.0. The van der Waals surface area contributed by atoms with Crippen LogP contribution in [0.25, 0.3) is 0 Å². The molecule has 1 heterocycles. The number of carbonyl (C=O) groups excluding carboxylic acids is 2. The summed E-state index contributed by atoms with van der Waals surface area (Å²) in [5.41, 5.74) is -0.327. The van der Waals surface area contributed by atoms with Crippen LogP contribution in [0.3, 0.4) is 0 Å². The molecule has 66 valence electrons. The van der Waals surface area contributed by atoms with Crippen molar-refractivity contribution in [3.8, 4) is 0 Å². The number of rotatable bonds is 2. The smallest absolute Gasteiger partial charge is 0.307 e. The van der Waals surface area contributed by atoms with Gasteiger partial charge in [0, 0.05) is 6.92 Å². The molecular weight excluding hydrogens is 158 g/mol. The van der Waals surface area contributed by atoms with Crippen molar-refractivity contribution >= 4 is 11.9 Å². The standard InChI is InChI=1S/C8H11NO3/c1-6(10)12-4-3-8(2)5-7(11)9-8/h3-4H,5H2,1-2H3,(H,9,11)/b4-3+. The van der Waals surface area contributed by atoms with Crippen LogP contribution in [-0.2, 0) is 14.3 Å². The van der Waals surface area contributed by atoms with Gasteiger partial charge in [0.25, 0.3) is 0 Å². The summed E-state index contributed by atoms with van der Waals surface area (Å²) in [4.78, 5) is 20.9. The van der Waals surface area contributed by atoms with Crippen LogP contribution in [-0.4, -0.2) is 17.4 Å². The summed E-state index contributed by atoms with van der Waals surface area (Å²) >= 11 is 0. The Bertz CT molecular complexity index is 237. The minimum Gasteiger partial charge on any atom is -0.435 e. The maximum atomic E-state index is 10.6. The van der Waals surface area contributed by atoms with E-state index in [4.69, 9.17) is 0 Å². The third kappa shape index (κ3) is 2.08. The molecule has 1 fully saturated rings. The van der Waals surface area contributed by atoms with Gasteiger partial charge in [0.05, 0.1) is 18.2 Å². The Balaban J connectivity index is 2.36. The van der Waals surface area contributed by atoms with Crippen LogP contribution in [0, 0.1) is 0 Å². The summed E-state index contributed by atoms with van der Waals surface area (Å²) in [6.07, 6.45) is 3.42. The summed E-state index contributed by atoms with van der Waals surface area (Å²) in [5.74, 6) is -0.342. The van der Waals surface area contributed by atoms with Gasteiger partial charge >= 0.3 is 5.97 Å². The second-order valence-electron chi connectivity index (χ2n) is 3.05. The minimum absolute atomic E-state index is 0.0185. The minimum atomic E-state index is -0.361. The summed E-state index contributed by atoms with van der Waals surface area (Å²) in [5, 5.41) is 2.68. The lowest BCUT2D eigenvalue weighted by Crippen LogP contribution is -2.57. The molecule has 0 spiro atoms. The molecule has 0 aromatic carbocycles. The fourth-order valence-corrected chi connectivity index (χ4v) is 1.01. The van der Waals surface area contributed by atoms with Crippen molar-refractivity contribution in [2.24, 2.45) is 0 Å². The van der Waals surface area contributed by atoms with Gasteiger partial charge in [0.15, 0.2) is 0 Å². The summed E-state index contributed by atoms with van der Waals surface area (Å²) in [7, 11) is 0. The van der Waals surface area contributed by atoms with Crippen molar-refractivity contribution in [2.75, 3.05) is 0 Å². The van der Waals surface area contributed by atoms with Gasteiger partial charge in [-0.05, 0) is 13.0 Å². The molecule has 4 nitrogen and oxygen atoms in total. The highest BCUT2D eigenvalue weighted by atomic mass is 16.5. The summed E-state index contributed by atoms with van der Waals surface area (Å²) in [6, 6.07) is 0. The highest BCUT2D eigenvalue weighted by Gasteiger charge is 2.35. The fraction of sp³-hybridized carbons (Fsp3) is 0.500. The molecule has 0 aromatic heterocycles. The molecule has 0 bridgehead atoms. The first kappa shape index (κ1) is 8.77. The molecule has 12 heavy (non-hydrogen) atoms. The Labute approximate surface area is 70.6 Å². The molecule has 1 saturated heterocycles. The fourth-order valence-electron chi connectivity index (χ4n) is 1.01.